The molecule has 3 aromatic rings. The monoisotopic (exact) mass is 403 g/mol. The highest BCUT2D eigenvalue weighted by Gasteiger charge is 2.20. The second-order valence-electron chi connectivity index (χ2n) is 6.18. The molecule has 0 radical (unpaired) electrons. The lowest BCUT2D eigenvalue weighted by Gasteiger charge is -2.15. The van der Waals surface area contributed by atoms with Crippen LogP contribution in [0.2, 0.25) is 5.02 Å². The summed E-state index contributed by atoms with van der Waals surface area (Å²) >= 11 is 7.58. The van der Waals surface area contributed by atoms with Gasteiger partial charge in [-0.05, 0) is 44.5 Å². The number of thioether (sulfide) groups is 1. The first-order valence-electron chi connectivity index (χ1n) is 8.71. The number of nitrogens with one attached hydrogen (secondary N) is 1. The Hall–Kier alpha value is -2.18. The van der Waals surface area contributed by atoms with E-state index in [4.69, 9.17) is 16.3 Å². The smallest absolute Gasteiger partial charge is 0.237 e. The number of rotatable bonds is 6. The van der Waals surface area contributed by atoms with Gasteiger partial charge >= 0.3 is 0 Å². The van der Waals surface area contributed by atoms with Crippen LogP contribution in [-0.2, 0) is 11.3 Å². The number of para-hydroxylation sites is 2. The summed E-state index contributed by atoms with van der Waals surface area (Å²) in [7, 11) is 1.55. The highest BCUT2D eigenvalue weighted by Crippen LogP contribution is 2.32. The number of nitrogens with zero attached hydrogens (tertiary/aromatic N) is 2. The molecular weight excluding hydrogens is 382 g/mol. The van der Waals surface area contributed by atoms with Crippen LogP contribution in [0.3, 0.4) is 0 Å². The van der Waals surface area contributed by atoms with E-state index in [0.717, 1.165) is 28.3 Å². The summed E-state index contributed by atoms with van der Waals surface area (Å²) in [5.41, 5.74) is 3.50. The minimum atomic E-state index is -0.326. The molecule has 1 heterocycles. The molecule has 7 heteroatoms. The van der Waals surface area contributed by atoms with Gasteiger partial charge in [-0.25, -0.2) is 4.98 Å². The van der Waals surface area contributed by atoms with Crippen LogP contribution in [0.15, 0.2) is 41.6 Å². The molecule has 0 saturated carbocycles. The van der Waals surface area contributed by atoms with Gasteiger partial charge in [0, 0.05) is 17.6 Å². The largest absolute Gasteiger partial charge is 0.495 e. The van der Waals surface area contributed by atoms with E-state index in [2.05, 4.69) is 21.8 Å². The average Bonchev–Trinajstić information content (AvgIpc) is 3.01. The molecule has 2 aromatic carbocycles. The minimum Gasteiger partial charge on any atom is -0.495 e. The van der Waals surface area contributed by atoms with Crippen molar-refractivity contribution >= 4 is 46.0 Å². The van der Waals surface area contributed by atoms with Gasteiger partial charge in [-0.3, -0.25) is 4.79 Å². The van der Waals surface area contributed by atoms with Crippen molar-refractivity contribution in [1.29, 1.82) is 0 Å². The normalized spacial score (nSPS) is 12.2. The molecule has 0 fully saturated rings. The number of hydrogen-bond acceptors (Lipinski definition) is 4. The standard InChI is InChI=1S/C20H22ClN3O2S/c1-5-24-17-9-7-6-8-15(17)23-20(24)27-13(3)19(25)22-16-10-12(2)14(21)11-18(16)26-4/h6-11,13H,5H2,1-4H3,(H,22,25). The third-order valence-corrected chi connectivity index (χ3v) is 5.82. The maximum atomic E-state index is 12.7. The molecule has 0 aliphatic heterocycles. The Balaban J connectivity index is 1.80. The van der Waals surface area contributed by atoms with Crippen LogP contribution in [0.4, 0.5) is 5.69 Å². The van der Waals surface area contributed by atoms with Crippen molar-refractivity contribution in [2.45, 2.75) is 37.7 Å². The number of methoxy groups -OCH3 is 1. The zero-order valence-electron chi connectivity index (χ0n) is 15.7. The summed E-state index contributed by atoms with van der Waals surface area (Å²) in [6.07, 6.45) is 0. The second kappa shape index (κ2) is 8.23. The number of aryl methyl sites for hydroxylation is 2. The highest BCUT2D eigenvalue weighted by molar-refractivity contribution is 8.00. The summed E-state index contributed by atoms with van der Waals surface area (Å²) in [6.45, 7) is 6.62. The van der Waals surface area contributed by atoms with Crippen molar-refractivity contribution in [3.05, 3.63) is 47.0 Å². The van der Waals surface area contributed by atoms with Gasteiger partial charge in [-0.1, -0.05) is 35.5 Å². The highest BCUT2D eigenvalue weighted by atomic mass is 35.5. The minimum absolute atomic E-state index is 0.116. The summed E-state index contributed by atoms with van der Waals surface area (Å²) in [5.74, 6) is 0.423. The SMILES string of the molecule is CCn1c(SC(C)C(=O)Nc2cc(C)c(Cl)cc2OC)nc2ccccc21. The predicted molar refractivity (Wildman–Crippen MR) is 112 cm³/mol. The molecule has 0 spiro atoms. The Bertz CT molecular complexity index is 987. The van der Waals surface area contributed by atoms with Crippen LogP contribution in [0.1, 0.15) is 19.4 Å². The van der Waals surface area contributed by atoms with Crippen molar-refractivity contribution in [2.75, 3.05) is 12.4 Å². The molecule has 1 aromatic heterocycles. The Morgan fingerprint density at radius 3 is 2.81 bits per heavy atom. The van der Waals surface area contributed by atoms with Gasteiger partial charge < -0.3 is 14.6 Å². The van der Waals surface area contributed by atoms with Gasteiger partial charge in [0.15, 0.2) is 5.16 Å². The number of fused-ring (bicyclic) bond motifs is 1. The van der Waals surface area contributed by atoms with Crippen LogP contribution < -0.4 is 10.1 Å². The van der Waals surface area contributed by atoms with Crippen LogP contribution in [0, 0.1) is 6.92 Å². The molecule has 27 heavy (non-hydrogen) atoms. The molecule has 0 bridgehead atoms. The van der Waals surface area contributed by atoms with Gasteiger partial charge in [0.25, 0.3) is 0 Å². The Kier molecular flexibility index (Phi) is 5.97. The summed E-state index contributed by atoms with van der Waals surface area (Å²) in [4.78, 5) is 17.4. The first-order chi connectivity index (χ1) is 12.9. The zero-order valence-corrected chi connectivity index (χ0v) is 17.3. The Morgan fingerprint density at radius 1 is 1.37 bits per heavy atom. The molecule has 0 saturated heterocycles. The van der Waals surface area contributed by atoms with E-state index in [1.54, 1.807) is 13.2 Å². The molecule has 142 valence electrons. The third kappa shape index (κ3) is 4.06. The number of carbonyl (C=O) groups excluding carboxylic acids is 1. The number of anilines is 1. The molecule has 5 nitrogen and oxygen atoms in total. The molecule has 1 unspecified atom stereocenters. The first kappa shape index (κ1) is 19.6. The van der Waals surface area contributed by atoms with E-state index in [0.29, 0.717) is 16.5 Å². The van der Waals surface area contributed by atoms with Gasteiger partial charge in [0.1, 0.15) is 5.75 Å². The van der Waals surface area contributed by atoms with Gasteiger partial charge in [0.2, 0.25) is 5.91 Å². The lowest BCUT2D eigenvalue weighted by molar-refractivity contribution is -0.115. The fourth-order valence-corrected chi connectivity index (χ4v) is 3.97. The van der Waals surface area contributed by atoms with E-state index >= 15 is 0 Å². The molecule has 0 aliphatic rings. The topological polar surface area (TPSA) is 56.2 Å². The maximum Gasteiger partial charge on any atom is 0.237 e. The maximum absolute atomic E-state index is 12.7. The Morgan fingerprint density at radius 2 is 2.11 bits per heavy atom. The number of ether oxygens (including phenoxy) is 1. The van der Waals surface area contributed by atoms with Crippen LogP contribution >= 0.6 is 23.4 Å². The average molecular weight is 404 g/mol. The second-order valence-corrected chi connectivity index (χ2v) is 7.89. The summed E-state index contributed by atoms with van der Waals surface area (Å²) < 4.78 is 7.46. The van der Waals surface area contributed by atoms with E-state index < -0.39 is 0 Å². The number of benzene rings is 2. The van der Waals surface area contributed by atoms with Crippen molar-refractivity contribution < 1.29 is 9.53 Å². The number of carbonyl (C=O) groups is 1. The summed E-state index contributed by atoms with van der Waals surface area (Å²) in [5, 5.41) is 4.05. The van der Waals surface area contributed by atoms with E-state index in [-0.39, 0.29) is 11.2 Å². The number of hydrogen-bond donors (Lipinski definition) is 1. The van der Waals surface area contributed by atoms with Gasteiger partial charge in [-0.2, -0.15) is 0 Å². The molecule has 3 rings (SSSR count). The van der Waals surface area contributed by atoms with Crippen LogP contribution in [0.5, 0.6) is 5.75 Å². The van der Waals surface area contributed by atoms with Crippen molar-refractivity contribution in [3.8, 4) is 5.75 Å². The number of amides is 1. The van der Waals surface area contributed by atoms with Crippen LogP contribution in [-0.4, -0.2) is 27.8 Å². The van der Waals surface area contributed by atoms with Crippen molar-refractivity contribution in [3.63, 3.8) is 0 Å². The zero-order chi connectivity index (χ0) is 19.6. The molecule has 1 atom stereocenters. The van der Waals surface area contributed by atoms with Crippen LogP contribution in [0.25, 0.3) is 11.0 Å². The summed E-state index contributed by atoms with van der Waals surface area (Å²) in [6, 6.07) is 11.5. The molecule has 0 aliphatic carbocycles. The lowest BCUT2D eigenvalue weighted by Crippen LogP contribution is -2.23. The van der Waals surface area contributed by atoms with E-state index in [1.165, 1.54) is 11.8 Å². The molecule has 1 N–H and O–H groups in total. The first-order valence-corrected chi connectivity index (χ1v) is 9.97. The number of imidazole rings is 1. The fraction of sp³-hybridized carbons (Fsp3) is 0.300. The van der Waals surface area contributed by atoms with Crippen molar-refractivity contribution in [2.24, 2.45) is 0 Å². The van der Waals surface area contributed by atoms with Gasteiger partial charge in [0.05, 0.1) is 29.1 Å². The van der Waals surface area contributed by atoms with Crippen molar-refractivity contribution in [1.82, 2.24) is 9.55 Å². The lowest BCUT2D eigenvalue weighted by atomic mass is 10.2. The quantitative estimate of drug-likeness (QED) is 0.578. The van der Waals surface area contributed by atoms with E-state index in [1.807, 2.05) is 44.2 Å². The third-order valence-electron chi connectivity index (χ3n) is 4.33. The number of halogens is 1. The Labute approximate surface area is 168 Å². The molecular formula is C20H22ClN3O2S. The van der Waals surface area contributed by atoms with Gasteiger partial charge in [-0.15, -0.1) is 0 Å². The van der Waals surface area contributed by atoms with E-state index in [9.17, 15) is 4.79 Å². The fourth-order valence-electron chi connectivity index (χ4n) is 2.82. The molecule has 1 amide bonds. The predicted octanol–water partition coefficient (Wildman–Crippen LogP) is 5.15. The number of aromatic nitrogens is 2.